The number of anilines is 1. The highest BCUT2D eigenvalue weighted by Gasteiger charge is 2.15. The summed E-state index contributed by atoms with van der Waals surface area (Å²) in [5.74, 6) is 0.793. The summed E-state index contributed by atoms with van der Waals surface area (Å²) in [6.45, 7) is 6.27. The number of carbonyl (C=O) groups excluding carboxylic acids is 1. The molecule has 0 bridgehead atoms. The van der Waals surface area contributed by atoms with Gasteiger partial charge < -0.3 is 14.8 Å². The number of nitrogens with zero attached hydrogens (tertiary/aromatic N) is 1. The smallest absolute Gasteiger partial charge is 0.266 e. The molecule has 0 aliphatic rings. The fourth-order valence-electron chi connectivity index (χ4n) is 2.32. The molecule has 0 aliphatic carbocycles. The van der Waals surface area contributed by atoms with Gasteiger partial charge >= 0.3 is 0 Å². The molecule has 0 radical (unpaired) electrons. The first kappa shape index (κ1) is 20.8. The van der Waals surface area contributed by atoms with Crippen LogP contribution in [0.25, 0.3) is 6.08 Å². The Labute approximate surface area is 173 Å². The van der Waals surface area contributed by atoms with Crippen molar-refractivity contribution in [3.05, 3.63) is 57.2 Å². The van der Waals surface area contributed by atoms with E-state index in [0.29, 0.717) is 29.4 Å². The molecule has 0 aromatic heterocycles. The van der Waals surface area contributed by atoms with E-state index < -0.39 is 5.91 Å². The lowest BCUT2D eigenvalue weighted by Gasteiger charge is -2.17. The number of benzene rings is 2. The summed E-state index contributed by atoms with van der Waals surface area (Å²) in [6.07, 6.45) is 1.55. The second-order valence-corrected chi connectivity index (χ2v) is 7.08. The van der Waals surface area contributed by atoms with Crippen LogP contribution in [0.1, 0.15) is 26.3 Å². The fourth-order valence-corrected chi connectivity index (χ4v) is 3.07. The van der Waals surface area contributed by atoms with Crippen molar-refractivity contribution in [3.63, 3.8) is 0 Å². The number of rotatable bonds is 7. The Kier molecular flexibility index (Phi) is 7.67. The quantitative estimate of drug-likeness (QED) is 0.346. The summed E-state index contributed by atoms with van der Waals surface area (Å²) >= 11 is 2.16. The first-order valence-corrected chi connectivity index (χ1v) is 9.63. The number of hydrogen-bond acceptors (Lipinski definition) is 4. The predicted molar refractivity (Wildman–Crippen MR) is 115 cm³/mol. The van der Waals surface area contributed by atoms with Crippen molar-refractivity contribution >= 4 is 40.3 Å². The maximum atomic E-state index is 12.4. The topological polar surface area (TPSA) is 71.3 Å². The van der Waals surface area contributed by atoms with Gasteiger partial charge in [0.25, 0.3) is 5.91 Å². The minimum Gasteiger partial charge on any atom is -0.490 e. The summed E-state index contributed by atoms with van der Waals surface area (Å²) in [5.41, 5.74) is 1.34. The number of ether oxygens (including phenoxy) is 2. The van der Waals surface area contributed by atoms with Gasteiger partial charge in [0.1, 0.15) is 11.6 Å². The average Bonchev–Trinajstić information content (AvgIpc) is 2.63. The van der Waals surface area contributed by atoms with Crippen LogP contribution in [0.4, 0.5) is 5.69 Å². The SMILES string of the molecule is CCOc1cc(/C=C(\C#N)C(=O)Nc2ccccc2)cc(I)c1OC(C)C. The van der Waals surface area contributed by atoms with Crippen LogP contribution in [0.15, 0.2) is 48.0 Å². The number of para-hydroxylation sites is 1. The van der Waals surface area contributed by atoms with Gasteiger partial charge in [-0.3, -0.25) is 4.79 Å². The van der Waals surface area contributed by atoms with Crippen LogP contribution in [0.3, 0.4) is 0 Å². The summed E-state index contributed by atoms with van der Waals surface area (Å²) in [4.78, 5) is 12.4. The Bertz CT molecular complexity index is 871. The van der Waals surface area contributed by atoms with E-state index in [-0.39, 0.29) is 11.7 Å². The van der Waals surface area contributed by atoms with Gasteiger partial charge in [0, 0.05) is 5.69 Å². The number of carbonyl (C=O) groups is 1. The molecular formula is C21H21IN2O3. The number of hydrogen-bond donors (Lipinski definition) is 1. The van der Waals surface area contributed by atoms with E-state index >= 15 is 0 Å². The Morgan fingerprint density at radius 2 is 2.00 bits per heavy atom. The lowest BCUT2D eigenvalue weighted by Crippen LogP contribution is -2.13. The standard InChI is InChI=1S/C21H21IN2O3/c1-4-26-19-12-15(11-18(22)20(19)27-14(2)3)10-16(13-23)21(25)24-17-8-6-5-7-9-17/h5-12,14H,4H2,1-3H3,(H,24,25)/b16-10+. The molecule has 0 unspecified atom stereocenters. The maximum absolute atomic E-state index is 12.4. The Morgan fingerprint density at radius 3 is 2.59 bits per heavy atom. The van der Waals surface area contributed by atoms with Crippen LogP contribution in [-0.4, -0.2) is 18.6 Å². The van der Waals surface area contributed by atoms with Crippen molar-refractivity contribution in [1.82, 2.24) is 0 Å². The summed E-state index contributed by atoms with van der Waals surface area (Å²) in [6, 6.07) is 14.6. The van der Waals surface area contributed by atoms with Gasteiger partial charge in [-0.25, -0.2) is 0 Å². The zero-order valence-electron chi connectivity index (χ0n) is 15.5. The highest BCUT2D eigenvalue weighted by molar-refractivity contribution is 14.1. The lowest BCUT2D eigenvalue weighted by molar-refractivity contribution is -0.112. The summed E-state index contributed by atoms with van der Waals surface area (Å²) in [5, 5.41) is 12.1. The van der Waals surface area contributed by atoms with Gasteiger partial charge in [-0.1, -0.05) is 18.2 Å². The van der Waals surface area contributed by atoms with Crippen LogP contribution >= 0.6 is 22.6 Å². The minimum absolute atomic E-state index is 0.00503. The molecule has 2 rings (SSSR count). The van der Waals surface area contributed by atoms with Crippen LogP contribution in [-0.2, 0) is 4.79 Å². The molecule has 5 nitrogen and oxygen atoms in total. The van der Waals surface area contributed by atoms with Crippen molar-refractivity contribution < 1.29 is 14.3 Å². The first-order valence-electron chi connectivity index (χ1n) is 8.55. The van der Waals surface area contributed by atoms with Crippen molar-refractivity contribution in [2.24, 2.45) is 0 Å². The van der Waals surface area contributed by atoms with E-state index in [1.807, 2.05) is 51.1 Å². The molecule has 2 aromatic rings. The van der Waals surface area contributed by atoms with E-state index in [0.717, 1.165) is 3.57 Å². The van der Waals surface area contributed by atoms with Crippen LogP contribution in [0.2, 0.25) is 0 Å². The molecule has 6 heteroatoms. The summed E-state index contributed by atoms with van der Waals surface area (Å²) in [7, 11) is 0. The second-order valence-electron chi connectivity index (χ2n) is 5.92. The molecule has 0 fully saturated rings. The molecular weight excluding hydrogens is 455 g/mol. The Hall–Kier alpha value is -2.53. The van der Waals surface area contributed by atoms with Gasteiger partial charge in [0.2, 0.25) is 0 Å². The summed E-state index contributed by atoms with van der Waals surface area (Å²) < 4.78 is 12.4. The molecule has 1 N–H and O–H groups in total. The lowest BCUT2D eigenvalue weighted by atomic mass is 10.1. The zero-order valence-corrected chi connectivity index (χ0v) is 17.6. The largest absolute Gasteiger partial charge is 0.490 e. The van der Waals surface area contributed by atoms with Crippen molar-refractivity contribution in [2.45, 2.75) is 26.9 Å². The molecule has 0 saturated heterocycles. The number of nitrogens with one attached hydrogen (secondary N) is 1. The Balaban J connectivity index is 2.34. The molecule has 0 saturated carbocycles. The molecule has 0 heterocycles. The van der Waals surface area contributed by atoms with E-state index in [1.54, 1.807) is 24.3 Å². The van der Waals surface area contributed by atoms with E-state index in [9.17, 15) is 10.1 Å². The fraction of sp³-hybridized carbons (Fsp3) is 0.238. The number of amides is 1. The third kappa shape index (κ3) is 6.00. The molecule has 1 amide bonds. The van der Waals surface area contributed by atoms with Gasteiger partial charge in [0.15, 0.2) is 11.5 Å². The number of nitriles is 1. The molecule has 0 aliphatic heterocycles. The third-order valence-electron chi connectivity index (χ3n) is 3.39. The van der Waals surface area contributed by atoms with Gasteiger partial charge in [0.05, 0.1) is 16.3 Å². The van der Waals surface area contributed by atoms with Crippen molar-refractivity contribution in [2.75, 3.05) is 11.9 Å². The van der Waals surface area contributed by atoms with Crippen LogP contribution < -0.4 is 14.8 Å². The third-order valence-corrected chi connectivity index (χ3v) is 4.19. The van der Waals surface area contributed by atoms with Gasteiger partial charge in [-0.2, -0.15) is 5.26 Å². The molecule has 0 spiro atoms. The molecule has 27 heavy (non-hydrogen) atoms. The van der Waals surface area contributed by atoms with Crippen LogP contribution in [0.5, 0.6) is 11.5 Å². The van der Waals surface area contributed by atoms with Crippen molar-refractivity contribution in [1.29, 1.82) is 5.26 Å². The normalized spacial score (nSPS) is 11.0. The zero-order chi connectivity index (χ0) is 19.8. The van der Waals surface area contributed by atoms with E-state index in [1.165, 1.54) is 0 Å². The van der Waals surface area contributed by atoms with E-state index in [4.69, 9.17) is 9.47 Å². The molecule has 2 aromatic carbocycles. The minimum atomic E-state index is -0.459. The predicted octanol–water partition coefficient (Wildman–Crippen LogP) is 5.02. The molecule has 0 atom stereocenters. The van der Waals surface area contributed by atoms with Gasteiger partial charge in [-0.05, 0) is 79.3 Å². The molecule has 140 valence electrons. The maximum Gasteiger partial charge on any atom is 0.266 e. The van der Waals surface area contributed by atoms with Crippen molar-refractivity contribution in [3.8, 4) is 17.6 Å². The number of halogens is 1. The second kappa shape index (κ2) is 9.97. The Morgan fingerprint density at radius 1 is 1.30 bits per heavy atom. The average molecular weight is 476 g/mol. The first-order chi connectivity index (χ1) is 12.9. The monoisotopic (exact) mass is 476 g/mol. The van der Waals surface area contributed by atoms with E-state index in [2.05, 4.69) is 27.9 Å². The highest BCUT2D eigenvalue weighted by Crippen LogP contribution is 2.35. The highest BCUT2D eigenvalue weighted by atomic mass is 127. The van der Waals surface area contributed by atoms with Crippen LogP contribution in [0, 0.1) is 14.9 Å². The van der Waals surface area contributed by atoms with Gasteiger partial charge in [-0.15, -0.1) is 0 Å².